The van der Waals surface area contributed by atoms with Gasteiger partial charge in [0.2, 0.25) is 6.73 Å². The van der Waals surface area contributed by atoms with E-state index in [0.29, 0.717) is 42.1 Å². The number of rotatable bonds is 2. The first-order valence-electron chi connectivity index (χ1n) is 9.50. The maximum atomic E-state index is 13.0. The van der Waals surface area contributed by atoms with Gasteiger partial charge in [0.25, 0.3) is 0 Å². The number of quaternary nitrogens is 1. The molecule has 1 atom stereocenters. The van der Waals surface area contributed by atoms with Crippen LogP contribution in [0.5, 0.6) is 5.75 Å². The van der Waals surface area contributed by atoms with Gasteiger partial charge in [-0.15, -0.1) is 0 Å². The number of hydrogen-bond donors (Lipinski definition) is 1. The lowest BCUT2D eigenvalue weighted by Gasteiger charge is -2.26. The largest absolute Gasteiger partial charge is 0.445 e. The molecule has 4 nitrogen and oxygen atoms in total. The Balaban J connectivity index is 1.53. The minimum absolute atomic E-state index is 0.312. The summed E-state index contributed by atoms with van der Waals surface area (Å²) in [6.07, 6.45) is -4.38. The van der Waals surface area contributed by atoms with Gasteiger partial charge in [0.15, 0.2) is 5.58 Å². The van der Waals surface area contributed by atoms with Gasteiger partial charge in [-0.2, -0.15) is 13.2 Å². The predicted molar refractivity (Wildman–Crippen MR) is 105 cm³/mol. The highest BCUT2D eigenvalue weighted by Gasteiger charge is 2.31. The SMILES string of the molecule is O=c1oc2c3c(ccc2c2ccccc12)OC[NH+](Cc1cccc(C(F)(F)F)c1)C3. The fraction of sp³-hybridized carbons (Fsp3) is 0.174. The molecule has 1 aliphatic rings. The summed E-state index contributed by atoms with van der Waals surface area (Å²) in [5, 5.41) is 2.12. The maximum absolute atomic E-state index is 13.0. The number of hydrogen-bond acceptors (Lipinski definition) is 3. The summed E-state index contributed by atoms with van der Waals surface area (Å²) in [6.45, 7) is 1.15. The molecule has 152 valence electrons. The second kappa shape index (κ2) is 6.88. The van der Waals surface area contributed by atoms with E-state index in [-0.39, 0.29) is 0 Å². The number of benzene rings is 3. The van der Waals surface area contributed by atoms with Crippen molar-refractivity contribution in [3.05, 3.63) is 87.8 Å². The van der Waals surface area contributed by atoms with Gasteiger partial charge in [-0.3, -0.25) is 4.90 Å². The van der Waals surface area contributed by atoms with E-state index in [4.69, 9.17) is 9.15 Å². The monoisotopic (exact) mass is 412 g/mol. The van der Waals surface area contributed by atoms with E-state index >= 15 is 0 Å². The van der Waals surface area contributed by atoms with Crippen molar-refractivity contribution in [1.82, 2.24) is 0 Å². The van der Waals surface area contributed by atoms with Gasteiger partial charge < -0.3 is 9.15 Å². The molecule has 1 unspecified atom stereocenters. The van der Waals surface area contributed by atoms with Crippen molar-refractivity contribution in [1.29, 1.82) is 0 Å². The molecule has 1 aromatic heterocycles. The fourth-order valence-corrected chi connectivity index (χ4v) is 4.03. The van der Waals surface area contributed by atoms with Gasteiger partial charge in [-0.25, -0.2) is 4.79 Å². The third-order valence-electron chi connectivity index (χ3n) is 5.42. The lowest BCUT2D eigenvalue weighted by molar-refractivity contribution is -0.945. The average Bonchev–Trinajstić information content (AvgIpc) is 2.73. The van der Waals surface area contributed by atoms with Crippen molar-refractivity contribution in [2.45, 2.75) is 19.3 Å². The normalized spacial score (nSPS) is 16.4. The first-order chi connectivity index (χ1) is 14.4. The van der Waals surface area contributed by atoms with Crippen LogP contribution in [0.1, 0.15) is 16.7 Å². The number of halogens is 3. The van der Waals surface area contributed by atoms with E-state index in [1.165, 1.54) is 12.1 Å². The van der Waals surface area contributed by atoms with E-state index in [0.717, 1.165) is 27.3 Å². The van der Waals surface area contributed by atoms with Crippen LogP contribution in [0, 0.1) is 0 Å². The first-order valence-corrected chi connectivity index (χ1v) is 9.50. The Hall–Kier alpha value is -3.32. The topological polar surface area (TPSA) is 43.9 Å². The molecule has 0 saturated heterocycles. The van der Waals surface area contributed by atoms with Gasteiger partial charge in [0.05, 0.1) is 16.5 Å². The molecule has 3 aromatic carbocycles. The average molecular weight is 412 g/mol. The standard InChI is InChI=1S/C23H16F3NO3/c24-23(25,26)15-5-3-4-14(10-15)11-27-12-19-20(29-13-27)9-8-17-16-6-1-2-7-18(16)22(28)30-21(17)19/h1-10H,11-13H2/p+1. The third kappa shape index (κ3) is 3.21. The highest BCUT2D eigenvalue weighted by Crippen LogP contribution is 2.32. The summed E-state index contributed by atoms with van der Waals surface area (Å²) in [5.74, 6) is 0.633. The van der Waals surface area contributed by atoms with Gasteiger partial charge in [-0.1, -0.05) is 30.3 Å². The van der Waals surface area contributed by atoms with Crippen molar-refractivity contribution in [2.75, 3.05) is 6.73 Å². The van der Waals surface area contributed by atoms with Crippen LogP contribution in [-0.2, 0) is 19.3 Å². The second-order valence-corrected chi connectivity index (χ2v) is 7.44. The molecule has 30 heavy (non-hydrogen) atoms. The minimum atomic E-state index is -4.38. The van der Waals surface area contributed by atoms with Crippen LogP contribution < -0.4 is 15.3 Å². The van der Waals surface area contributed by atoms with Crippen LogP contribution in [0.4, 0.5) is 13.2 Å². The van der Waals surface area contributed by atoms with Crippen LogP contribution in [-0.4, -0.2) is 6.73 Å². The predicted octanol–water partition coefficient (Wildman–Crippen LogP) is 3.90. The summed E-state index contributed by atoms with van der Waals surface area (Å²) in [5.41, 5.74) is 0.706. The zero-order valence-corrected chi connectivity index (χ0v) is 15.8. The van der Waals surface area contributed by atoms with Crippen molar-refractivity contribution in [2.24, 2.45) is 0 Å². The second-order valence-electron chi connectivity index (χ2n) is 7.44. The molecule has 0 saturated carbocycles. The van der Waals surface area contributed by atoms with Crippen LogP contribution in [0.25, 0.3) is 21.7 Å². The van der Waals surface area contributed by atoms with E-state index in [1.54, 1.807) is 18.2 Å². The highest BCUT2D eigenvalue weighted by atomic mass is 19.4. The molecule has 2 heterocycles. The van der Waals surface area contributed by atoms with Gasteiger partial charge >= 0.3 is 11.8 Å². The number of ether oxygens (including phenoxy) is 1. The van der Waals surface area contributed by atoms with E-state index < -0.39 is 17.4 Å². The fourth-order valence-electron chi connectivity index (χ4n) is 4.03. The Kier molecular flexibility index (Phi) is 4.29. The number of fused-ring (bicyclic) bond motifs is 5. The zero-order valence-electron chi connectivity index (χ0n) is 15.8. The summed E-state index contributed by atoms with van der Waals surface area (Å²) in [4.78, 5) is 13.4. The Labute approximate surface area is 169 Å². The highest BCUT2D eigenvalue weighted by molar-refractivity contribution is 6.05. The summed E-state index contributed by atoms with van der Waals surface area (Å²) in [6, 6.07) is 16.3. The molecular weight excluding hydrogens is 395 g/mol. The van der Waals surface area contributed by atoms with Gasteiger partial charge in [0.1, 0.15) is 18.8 Å². The summed E-state index contributed by atoms with van der Waals surface area (Å²) < 4.78 is 50.5. The van der Waals surface area contributed by atoms with Crippen LogP contribution in [0.3, 0.4) is 0 Å². The summed E-state index contributed by atoms with van der Waals surface area (Å²) in [7, 11) is 0. The number of nitrogens with one attached hydrogen (secondary N) is 1. The van der Waals surface area contributed by atoms with Crippen LogP contribution in [0.15, 0.2) is 69.9 Å². The van der Waals surface area contributed by atoms with Crippen LogP contribution >= 0.6 is 0 Å². The Morgan fingerprint density at radius 1 is 0.933 bits per heavy atom. The van der Waals surface area contributed by atoms with Crippen molar-refractivity contribution in [3.63, 3.8) is 0 Å². The Morgan fingerprint density at radius 2 is 1.73 bits per heavy atom. The van der Waals surface area contributed by atoms with Crippen molar-refractivity contribution in [3.8, 4) is 5.75 Å². The summed E-state index contributed by atoms with van der Waals surface area (Å²) >= 11 is 0. The lowest BCUT2D eigenvalue weighted by Crippen LogP contribution is -3.10. The molecule has 0 bridgehead atoms. The van der Waals surface area contributed by atoms with E-state index in [2.05, 4.69) is 0 Å². The van der Waals surface area contributed by atoms with Gasteiger partial charge in [0, 0.05) is 10.9 Å². The molecule has 4 aromatic rings. The van der Waals surface area contributed by atoms with Gasteiger partial charge in [-0.05, 0) is 35.7 Å². The Bertz CT molecular complexity index is 1330. The smallest absolute Gasteiger partial charge is 0.416 e. The molecule has 0 radical (unpaired) electrons. The van der Waals surface area contributed by atoms with Crippen molar-refractivity contribution >= 4 is 21.7 Å². The first kappa shape index (κ1) is 18.7. The molecule has 1 N–H and O–H groups in total. The minimum Gasteiger partial charge on any atom is -0.445 e. The third-order valence-corrected chi connectivity index (χ3v) is 5.42. The number of alkyl halides is 3. The quantitative estimate of drug-likeness (QED) is 0.401. The molecule has 0 aliphatic carbocycles. The Morgan fingerprint density at radius 3 is 2.53 bits per heavy atom. The molecule has 7 heteroatoms. The zero-order chi connectivity index (χ0) is 20.9. The van der Waals surface area contributed by atoms with E-state index in [1.807, 2.05) is 24.3 Å². The molecule has 0 amide bonds. The van der Waals surface area contributed by atoms with Crippen molar-refractivity contribution < 1.29 is 27.2 Å². The molecule has 1 aliphatic heterocycles. The molecule has 0 fully saturated rings. The van der Waals surface area contributed by atoms with Crippen LogP contribution in [0.2, 0.25) is 0 Å². The molecule has 5 rings (SSSR count). The molecular formula is C23H17F3NO3+. The van der Waals surface area contributed by atoms with E-state index in [9.17, 15) is 18.0 Å². The maximum Gasteiger partial charge on any atom is 0.416 e. The lowest BCUT2D eigenvalue weighted by atomic mass is 10.0. The molecule has 0 spiro atoms.